The van der Waals surface area contributed by atoms with E-state index >= 15 is 0 Å². The van der Waals surface area contributed by atoms with Crippen molar-refractivity contribution in [1.82, 2.24) is 15.3 Å². The highest BCUT2D eigenvalue weighted by molar-refractivity contribution is 5.38. The second kappa shape index (κ2) is 5.52. The molecule has 0 spiro atoms. The van der Waals surface area contributed by atoms with Gasteiger partial charge in [0.15, 0.2) is 0 Å². The van der Waals surface area contributed by atoms with Gasteiger partial charge in [-0.3, -0.25) is 4.79 Å². The highest BCUT2D eigenvalue weighted by atomic mass is 16.1. The lowest BCUT2D eigenvalue weighted by Crippen LogP contribution is -2.42. The van der Waals surface area contributed by atoms with Crippen LogP contribution in [0.1, 0.15) is 38.4 Å². The summed E-state index contributed by atoms with van der Waals surface area (Å²) in [5.41, 5.74) is -0.0561. The zero-order valence-electron chi connectivity index (χ0n) is 11.4. The van der Waals surface area contributed by atoms with Gasteiger partial charge in [-0.2, -0.15) is 0 Å². The first-order chi connectivity index (χ1) is 8.60. The standard InChI is InChI=1S/C13H22N4O/c1-9(2)13-15-11(8-12(18)16-13)17-6-4-10(14-3)5-7-17/h8-10,14H,4-7H2,1-3H3,(H,15,16,18). The lowest BCUT2D eigenvalue weighted by atomic mass is 10.1. The number of nitrogens with zero attached hydrogens (tertiary/aromatic N) is 2. The molecule has 100 valence electrons. The normalized spacial score (nSPS) is 17.4. The summed E-state index contributed by atoms with van der Waals surface area (Å²) in [5.74, 6) is 1.83. The van der Waals surface area contributed by atoms with E-state index in [1.807, 2.05) is 20.9 Å². The predicted octanol–water partition coefficient (Wildman–Crippen LogP) is 1.08. The number of H-pyrrole nitrogens is 1. The predicted molar refractivity (Wildman–Crippen MR) is 73.2 cm³/mol. The number of piperidine rings is 1. The summed E-state index contributed by atoms with van der Waals surface area (Å²) < 4.78 is 0. The van der Waals surface area contributed by atoms with Crippen LogP contribution >= 0.6 is 0 Å². The van der Waals surface area contributed by atoms with Gasteiger partial charge in [0, 0.05) is 31.1 Å². The molecule has 1 aromatic heterocycles. The molecular formula is C13H22N4O. The summed E-state index contributed by atoms with van der Waals surface area (Å²) in [5, 5.41) is 3.30. The van der Waals surface area contributed by atoms with Crippen molar-refractivity contribution in [2.24, 2.45) is 0 Å². The van der Waals surface area contributed by atoms with E-state index in [2.05, 4.69) is 20.2 Å². The minimum absolute atomic E-state index is 0.0561. The van der Waals surface area contributed by atoms with E-state index in [0.29, 0.717) is 6.04 Å². The summed E-state index contributed by atoms with van der Waals surface area (Å²) in [6.45, 7) is 5.99. The van der Waals surface area contributed by atoms with Gasteiger partial charge >= 0.3 is 0 Å². The monoisotopic (exact) mass is 250 g/mol. The molecule has 1 fully saturated rings. The summed E-state index contributed by atoms with van der Waals surface area (Å²) in [6.07, 6.45) is 2.20. The third-order valence-corrected chi connectivity index (χ3v) is 3.52. The summed E-state index contributed by atoms with van der Waals surface area (Å²) in [6, 6.07) is 2.19. The van der Waals surface area contributed by atoms with Crippen LogP contribution in [0.25, 0.3) is 0 Å². The molecule has 2 rings (SSSR count). The van der Waals surface area contributed by atoms with Gasteiger partial charge in [-0.05, 0) is 19.9 Å². The van der Waals surface area contributed by atoms with E-state index in [9.17, 15) is 4.79 Å². The largest absolute Gasteiger partial charge is 0.356 e. The molecule has 0 aliphatic carbocycles. The van der Waals surface area contributed by atoms with Crippen molar-refractivity contribution >= 4 is 5.82 Å². The van der Waals surface area contributed by atoms with E-state index in [1.165, 1.54) is 0 Å². The molecule has 2 heterocycles. The Morgan fingerprint density at radius 2 is 2.11 bits per heavy atom. The average molecular weight is 250 g/mol. The number of anilines is 1. The Morgan fingerprint density at radius 1 is 1.44 bits per heavy atom. The Labute approximate surface area is 108 Å². The van der Waals surface area contributed by atoms with Crippen LogP contribution < -0.4 is 15.8 Å². The zero-order chi connectivity index (χ0) is 13.1. The number of aromatic nitrogens is 2. The SMILES string of the molecule is CNC1CCN(c2cc(=O)[nH]c(C(C)C)n2)CC1. The van der Waals surface area contributed by atoms with Crippen molar-refractivity contribution in [3.63, 3.8) is 0 Å². The number of hydrogen-bond donors (Lipinski definition) is 2. The molecule has 1 aromatic rings. The minimum Gasteiger partial charge on any atom is -0.356 e. The van der Waals surface area contributed by atoms with Crippen molar-refractivity contribution in [3.8, 4) is 0 Å². The maximum Gasteiger partial charge on any atom is 0.252 e. The van der Waals surface area contributed by atoms with E-state index in [4.69, 9.17) is 0 Å². The first-order valence-electron chi connectivity index (χ1n) is 6.63. The second-order valence-corrected chi connectivity index (χ2v) is 5.19. The third kappa shape index (κ3) is 2.90. The zero-order valence-corrected chi connectivity index (χ0v) is 11.4. The molecule has 0 radical (unpaired) electrons. The molecule has 0 saturated carbocycles. The highest BCUT2D eigenvalue weighted by Crippen LogP contribution is 2.18. The quantitative estimate of drug-likeness (QED) is 0.843. The Bertz CT molecular complexity index is 447. The number of hydrogen-bond acceptors (Lipinski definition) is 4. The maximum atomic E-state index is 11.6. The van der Waals surface area contributed by atoms with Crippen LogP contribution in [0.2, 0.25) is 0 Å². The lowest BCUT2D eigenvalue weighted by molar-refractivity contribution is 0.440. The fraction of sp³-hybridized carbons (Fsp3) is 0.692. The number of nitrogens with one attached hydrogen (secondary N) is 2. The molecule has 0 bridgehead atoms. The van der Waals surface area contributed by atoms with Crippen molar-refractivity contribution in [3.05, 3.63) is 22.2 Å². The minimum atomic E-state index is -0.0561. The fourth-order valence-electron chi connectivity index (χ4n) is 2.30. The van der Waals surface area contributed by atoms with Crippen LogP contribution in [-0.2, 0) is 0 Å². The van der Waals surface area contributed by atoms with Gasteiger partial charge in [-0.15, -0.1) is 0 Å². The molecule has 0 amide bonds. The van der Waals surface area contributed by atoms with Crippen LogP contribution in [0.15, 0.2) is 10.9 Å². The first-order valence-corrected chi connectivity index (χ1v) is 6.63. The molecule has 0 atom stereocenters. The molecule has 5 heteroatoms. The molecule has 18 heavy (non-hydrogen) atoms. The topological polar surface area (TPSA) is 61.0 Å². The Balaban J connectivity index is 2.16. The summed E-state index contributed by atoms with van der Waals surface area (Å²) >= 11 is 0. The molecule has 2 N–H and O–H groups in total. The van der Waals surface area contributed by atoms with E-state index in [1.54, 1.807) is 6.07 Å². The van der Waals surface area contributed by atoms with Gasteiger partial charge in [0.25, 0.3) is 5.56 Å². The van der Waals surface area contributed by atoms with Gasteiger partial charge < -0.3 is 15.2 Å². The Hall–Kier alpha value is -1.36. The number of aromatic amines is 1. The van der Waals surface area contributed by atoms with E-state index < -0.39 is 0 Å². The Kier molecular flexibility index (Phi) is 4.01. The van der Waals surface area contributed by atoms with Gasteiger partial charge in [0.2, 0.25) is 0 Å². The molecule has 1 saturated heterocycles. The van der Waals surface area contributed by atoms with Crippen molar-refractivity contribution in [2.45, 2.75) is 38.6 Å². The summed E-state index contributed by atoms with van der Waals surface area (Å²) in [4.78, 5) is 21.2. The molecular weight excluding hydrogens is 228 g/mol. The van der Waals surface area contributed by atoms with Crippen LogP contribution in [0.4, 0.5) is 5.82 Å². The first kappa shape index (κ1) is 13.1. The van der Waals surface area contributed by atoms with Gasteiger partial charge in [-0.1, -0.05) is 13.8 Å². The second-order valence-electron chi connectivity index (χ2n) is 5.19. The molecule has 0 unspecified atom stereocenters. The van der Waals surface area contributed by atoms with Crippen LogP contribution in [0.5, 0.6) is 0 Å². The fourth-order valence-corrected chi connectivity index (χ4v) is 2.30. The van der Waals surface area contributed by atoms with Crippen molar-refractivity contribution < 1.29 is 0 Å². The van der Waals surface area contributed by atoms with Crippen LogP contribution in [0.3, 0.4) is 0 Å². The Morgan fingerprint density at radius 3 is 2.67 bits per heavy atom. The van der Waals surface area contributed by atoms with Gasteiger partial charge in [0.05, 0.1) is 0 Å². The molecule has 1 aliphatic heterocycles. The summed E-state index contributed by atoms with van der Waals surface area (Å²) in [7, 11) is 2.00. The highest BCUT2D eigenvalue weighted by Gasteiger charge is 2.19. The van der Waals surface area contributed by atoms with Crippen LogP contribution in [0, 0.1) is 0 Å². The van der Waals surface area contributed by atoms with E-state index in [0.717, 1.165) is 37.6 Å². The smallest absolute Gasteiger partial charge is 0.252 e. The lowest BCUT2D eigenvalue weighted by Gasteiger charge is -2.32. The van der Waals surface area contributed by atoms with Gasteiger partial charge in [0.1, 0.15) is 11.6 Å². The average Bonchev–Trinajstić information content (AvgIpc) is 2.38. The third-order valence-electron chi connectivity index (χ3n) is 3.52. The van der Waals surface area contributed by atoms with E-state index in [-0.39, 0.29) is 11.5 Å². The van der Waals surface area contributed by atoms with Crippen molar-refractivity contribution in [2.75, 3.05) is 25.0 Å². The molecule has 5 nitrogen and oxygen atoms in total. The van der Waals surface area contributed by atoms with Gasteiger partial charge in [-0.25, -0.2) is 4.98 Å². The molecule has 0 aromatic carbocycles. The van der Waals surface area contributed by atoms with Crippen LogP contribution in [-0.4, -0.2) is 36.1 Å². The molecule has 1 aliphatic rings. The number of rotatable bonds is 3. The maximum absolute atomic E-state index is 11.6. The van der Waals surface area contributed by atoms with Crippen molar-refractivity contribution in [1.29, 1.82) is 0 Å².